The maximum absolute atomic E-state index is 12.1. The molecule has 0 aromatic heterocycles. The Bertz CT molecular complexity index is 427. The van der Waals surface area contributed by atoms with Crippen molar-refractivity contribution in [1.82, 2.24) is 4.90 Å². The lowest BCUT2D eigenvalue weighted by molar-refractivity contribution is 0.209. The molecule has 0 spiro atoms. The minimum Gasteiger partial charge on any atom is -0.324 e. The molecule has 0 saturated carbocycles. The smallest absolute Gasteiger partial charge is 0.321 e. The van der Waals surface area contributed by atoms with Crippen molar-refractivity contribution in [2.75, 3.05) is 23.9 Å². The van der Waals surface area contributed by atoms with Gasteiger partial charge >= 0.3 is 6.03 Å². The molecule has 1 aliphatic heterocycles. The largest absolute Gasteiger partial charge is 0.324 e. The Morgan fingerprint density at radius 1 is 1.47 bits per heavy atom. The van der Waals surface area contributed by atoms with Gasteiger partial charge in [-0.1, -0.05) is 12.1 Å². The second-order valence-corrected chi connectivity index (χ2v) is 6.12. The molecular formula is C14H21N3OS. The first-order valence-corrected chi connectivity index (χ1v) is 7.70. The van der Waals surface area contributed by atoms with E-state index in [0.717, 1.165) is 29.2 Å². The molecule has 2 atom stereocenters. The molecule has 2 rings (SSSR count). The van der Waals surface area contributed by atoms with E-state index in [1.165, 1.54) is 0 Å². The lowest BCUT2D eigenvalue weighted by Gasteiger charge is -2.24. The number of anilines is 1. The summed E-state index contributed by atoms with van der Waals surface area (Å²) in [4.78, 5) is 13.9. The third kappa shape index (κ3) is 3.64. The molecule has 4 nitrogen and oxygen atoms in total. The lowest BCUT2D eigenvalue weighted by atomic mass is 10.1. The van der Waals surface area contributed by atoms with E-state index in [1.54, 1.807) is 4.90 Å². The van der Waals surface area contributed by atoms with Crippen LogP contribution in [-0.4, -0.2) is 35.5 Å². The number of urea groups is 1. The number of benzene rings is 1. The summed E-state index contributed by atoms with van der Waals surface area (Å²) in [6.07, 6.45) is 1.08. The first kappa shape index (κ1) is 14.2. The molecule has 1 aliphatic rings. The average molecular weight is 279 g/mol. The maximum Gasteiger partial charge on any atom is 0.321 e. The summed E-state index contributed by atoms with van der Waals surface area (Å²) in [6, 6.07) is 8.02. The Morgan fingerprint density at radius 2 is 2.16 bits per heavy atom. The number of hydrogen-bond donors (Lipinski definition) is 2. The highest BCUT2D eigenvalue weighted by Crippen LogP contribution is 2.22. The SMILES string of the molecule is CC(N)c1ccc(NC(=O)N(C)C2CCSC2)cc1. The number of carbonyl (C=O) groups is 1. The van der Waals surface area contributed by atoms with Crippen molar-refractivity contribution in [2.45, 2.75) is 25.4 Å². The maximum atomic E-state index is 12.1. The predicted octanol–water partition coefficient (Wildman–Crippen LogP) is 2.68. The van der Waals surface area contributed by atoms with Crippen LogP contribution in [0, 0.1) is 0 Å². The summed E-state index contributed by atoms with van der Waals surface area (Å²) >= 11 is 1.90. The summed E-state index contributed by atoms with van der Waals surface area (Å²) in [5.41, 5.74) is 7.68. The Balaban J connectivity index is 1.94. The fourth-order valence-corrected chi connectivity index (χ4v) is 3.34. The number of amides is 2. The molecule has 1 aromatic rings. The van der Waals surface area contributed by atoms with Crippen LogP contribution in [0.4, 0.5) is 10.5 Å². The third-order valence-electron chi connectivity index (χ3n) is 3.46. The van der Waals surface area contributed by atoms with E-state index in [1.807, 2.05) is 50.0 Å². The number of rotatable bonds is 3. The van der Waals surface area contributed by atoms with Crippen LogP contribution in [0.15, 0.2) is 24.3 Å². The van der Waals surface area contributed by atoms with Gasteiger partial charge in [-0.25, -0.2) is 4.79 Å². The van der Waals surface area contributed by atoms with E-state index < -0.39 is 0 Å². The highest BCUT2D eigenvalue weighted by atomic mass is 32.2. The lowest BCUT2D eigenvalue weighted by Crippen LogP contribution is -2.39. The van der Waals surface area contributed by atoms with E-state index in [2.05, 4.69) is 5.32 Å². The van der Waals surface area contributed by atoms with Gasteiger partial charge < -0.3 is 16.0 Å². The van der Waals surface area contributed by atoms with Gasteiger partial charge in [0.15, 0.2) is 0 Å². The molecule has 19 heavy (non-hydrogen) atoms. The van der Waals surface area contributed by atoms with Gasteiger partial charge in [-0.2, -0.15) is 11.8 Å². The molecule has 1 fully saturated rings. The zero-order chi connectivity index (χ0) is 13.8. The summed E-state index contributed by atoms with van der Waals surface area (Å²) in [5, 5.41) is 2.92. The van der Waals surface area contributed by atoms with Crippen molar-refractivity contribution in [1.29, 1.82) is 0 Å². The van der Waals surface area contributed by atoms with Crippen LogP contribution in [0.1, 0.15) is 24.9 Å². The monoisotopic (exact) mass is 279 g/mol. The van der Waals surface area contributed by atoms with Crippen LogP contribution in [0.2, 0.25) is 0 Å². The minimum absolute atomic E-state index is 0.0166. The molecule has 1 saturated heterocycles. The molecule has 0 bridgehead atoms. The van der Waals surface area contributed by atoms with E-state index in [9.17, 15) is 4.79 Å². The predicted molar refractivity (Wildman–Crippen MR) is 81.6 cm³/mol. The first-order valence-electron chi connectivity index (χ1n) is 6.55. The van der Waals surface area contributed by atoms with Gasteiger partial charge in [0.25, 0.3) is 0 Å². The average Bonchev–Trinajstić information content (AvgIpc) is 2.92. The van der Waals surface area contributed by atoms with Crippen molar-refractivity contribution >= 4 is 23.5 Å². The molecule has 0 aliphatic carbocycles. The Labute approximate surface area is 118 Å². The molecule has 2 unspecified atom stereocenters. The van der Waals surface area contributed by atoms with Crippen LogP contribution in [0.3, 0.4) is 0 Å². The second kappa shape index (κ2) is 6.30. The van der Waals surface area contributed by atoms with Gasteiger partial charge in [0.05, 0.1) is 0 Å². The van der Waals surface area contributed by atoms with E-state index in [0.29, 0.717) is 6.04 Å². The van der Waals surface area contributed by atoms with Gasteiger partial charge in [-0.15, -0.1) is 0 Å². The molecular weight excluding hydrogens is 258 g/mol. The van der Waals surface area contributed by atoms with Crippen LogP contribution in [0.25, 0.3) is 0 Å². The van der Waals surface area contributed by atoms with Crippen molar-refractivity contribution in [2.24, 2.45) is 5.73 Å². The molecule has 5 heteroatoms. The zero-order valence-corrected chi connectivity index (χ0v) is 12.2. The Hall–Kier alpha value is -1.20. The minimum atomic E-state index is -0.0407. The fourth-order valence-electron chi connectivity index (χ4n) is 2.08. The van der Waals surface area contributed by atoms with E-state index in [4.69, 9.17) is 5.73 Å². The van der Waals surface area contributed by atoms with Gasteiger partial charge in [0.2, 0.25) is 0 Å². The van der Waals surface area contributed by atoms with E-state index in [-0.39, 0.29) is 12.1 Å². The summed E-state index contributed by atoms with van der Waals surface area (Å²) in [5.74, 6) is 2.18. The molecule has 1 aromatic carbocycles. The molecule has 3 N–H and O–H groups in total. The quantitative estimate of drug-likeness (QED) is 0.894. The van der Waals surface area contributed by atoms with Crippen molar-refractivity contribution in [3.8, 4) is 0 Å². The summed E-state index contributed by atoms with van der Waals surface area (Å²) in [7, 11) is 1.86. The highest BCUT2D eigenvalue weighted by molar-refractivity contribution is 7.99. The fraction of sp³-hybridized carbons (Fsp3) is 0.500. The van der Waals surface area contributed by atoms with Crippen molar-refractivity contribution in [3.63, 3.8) is 0 Å². The summed E-state index contributed by atoms with van der Waals surface area (Å²) in [6.45, 7) is 1.94. The Kier molecular flexibility index (Phi) is 4.71. The Morgan fingerprint density at radius 3 is 2.68 bits per heavy atom. The zero-order valence-electron chi connectivity index (χ0n) is 11.4. The summed E-state index contributed by atoms with van der Waals surface area (Å²) < 4.78 is 0. The van der Waals surface area contributed by atoms with Crippen LogP contribution in [-0.2, 0) is 0 Å². The van der Waals surface area contributed by atoms with Crippen LogP contribution < -0.4 is 11.1 Å². The molecule has 1 heterocycles. The first-order chi connectivity index (χ1) is 9.08. The van der Waals surface area contributed by atoms with E-state index >= 15 is 0 Å². The number of thioether (sulfide) groups is 1. The number of carbonyl (C=O) groups excluding carboxylic acids is 1. The van der Waals surface area contributed by atoms with Gasteiger partial charge in [0.1, 0.15) is 0 Å². The van der Waals surface area contributed by atoms with Crippen molar-refractivity contribution in [3.05, 3.63) is 29.8 Å². The highest BCUT2D eigenvalue weighted by Gasteiger charge is 2.23. The standard InChI is InChI=1S/C14H21N3OS/c1-10(15)11-3-5-12(6-4-11)16-14(18)17(2)13-7-8-19-9-13/h3-6,10,13H,7-9,15H2,1-2H3,(H,16,18). The number of nitrogens with one attached hydrogen (secondary N) is 1. The van der Waals surface area contributed by atoms with Gasteiger partial charge in [-0.3, -0.25) is 0 Å². The second-order valence-electron chi connectivity index (χ2n) is 4.97. The van der Waals surface area contributed by atoms with Gasteiger partial charge in [-0.05, 0) is 36.8 Å². The molecule has 2 amide bonds. The normalized spacial score (nSPS) is 20.1. The third-order valence-corrected chi connectivity index (χ3v) is 4.61. The molecule has 0 radical (unpaired) electrons. The number of nitrogens with zero attached hydrogens (tertiary/aromatic N) is 1. The number of hydrogen-bond acceptors (Lipinski definition) is 3. The number of nitrogens with two attached hydrogens (primary N) is 1. The molecule has 104 valence electrons. The van der Waals surface area contributed by atoms with Crippen molar-refractivity contribution < 1.29 is 4.79 Å². The van der Waals surface area contributed by atoms with Crippen LogP contribution in [0.5, 0.6) is 0 Å². The van der Waals surface area contributed by atoms with Gasteiger partial charge in [0, 0.05) is 30.6 Å². The van der Waals surface area contributed by atoms with Crippen LogP contribution >= 0.6 is 11.8 Å². The topological polar surface area (TPSA) is 58.4 Å².